The molecule has 6 nitrogen and oxygen atoms in total. The number of piperazine rings is 1. The minimum Gasteiger partial charge on any atom is -0.339 e. The zero-order valence-electron chi connectivity index (χ0n) is 17.2. The highest BCUT2D eigenvalue weighted by atomic mass is 35.5. The lowest BCUT2D eigenvalue weighted by atomic mass is 9.87. The van der Waals surface area contributed by atoms with Crippen LogP contribution in [0.1, 0.15) is 24.1 Å². The number of hydrogen-bond acceptors (Lipinski definition) is 4. The fourth-order valence-electron chi connectivity index (χ4n) is 5.11. The fourth-order valence-corrected chi connectivity index (χ4v) is 5.11. The maximum atomic E-state index is 12.6. The Morgan fingerprint density at radius 1 is 1.07 bits per heavy atom. The van der Waals surface area contributed by atoms with Crippen LogP contribution >= 0.6 is 24.8 Å². The summed E-state index contributed by atoms with van der Waals surface area (Å²) < 4.78 is 0. The van der Waals surface area contributed by atoms with Crippen molar-refractivity contribution in [3.63, 3.8) is 0 Å². The zero-order chi connectivity index (χ0) is 19.0. The van der Waals surface area contributed by atoms with E-state index in [0.717, 1.165) is 45.8 Å². The van der Waals surface area contributed by atoms with E-state index in [0.29, 0.717) is 18.4 Å². The Balaban J connectivity index is 0.00000150. The molecule has 0 radical (unpaired) electrons. The van der Waals surface area contributed by atoms with Gasteiger partial charge < -0.3 is 15.1 Å². The van der Waals surface area contributed by atoms with Crippen LogP contribution in [0.25, 0.3) is 0 Å². The normalized spacial score (nSPS) is 26.5. The van der Waals surface area contributed by atoms with Crippen molar-refractivity contribution in [2.75, 3.05) is 52.4 Å². The van der Waals surface area contributed by atoms with Crippen molar-refractivity contribution in [3.05, 3.63) is 35.4 Å². The molecule has 0 bridgehead atoms. The van der Waals surface area contributed by atoms with Gasteiger partial charge in [-0.25, -0.2) is 0 Å². The van der Waals surface area contributed by atoms with Gasteiger partial charge in [0.1, 0.15) is 0 Å². The lowest BCUT2D eigenvalue weighted by Gasteiger charge is -2.31. The molecule has 1 aromatic carbocycles. The Kier molecular flexibility index (Phi) is 8.35. The van der Waals surface area contributed by atoms with E-state index in [1.54, 1.807) is 6.92 Å². The number of amides is 2. The number of nitrogens with one attached hydrogen (secondary N) is 1. The summed E-state index contributed by atoms with van der Waals surface area (Å²) in [4.78, 5) is 31.3. The number of nitrogens with zero attached hydrogens (tertiary/aromatic N) is 3. The van der Waals surface area contributed by atoms with Gasteiger partial charge in [-0.05, 0) is 24.0 Å². The molecule has 1 N–H and O–H groups in total. The number of fused-ring (bicyclic) bond motifs is 1. The monoisotopic (exact) mass is 442 g/mol. The molecular formula is C21H32Cl2N4O2. The summed E-state index contributed by atoms with van der Waals surface area (Å²) in [7, 11) is 0. The number of benzene rings is 1. The van der Waals surface area contributed by atoms with Gasteiger partial charge in [0.05, 0.1) is 12.6 Å². The number of halogens is 2. The molecule has 0 aliphatic carbocycles. The highest BCUT2D eigenvalue weighted by molar-refractivity contribution is 5.85. The summed E-state index contributed by atoms with van der Waals surface area (Å²) in [6.45, 7) is 10.3. The fraction of sp³-hybridized carbons (Fsp3) is 0.619. The lowest BCUT2D eigenvalue weighted by molar-refractivity contribution is -0.133. The van der Waals surface area contributed by atoms with E-state index in [2.05, 4.69) is 41.4 Å². The first-order valence-electron chi connectivity index (χ1n) is 10.1. The third-order valence-electron chi connectivity index (χ3n) is 6.48. The van der Waals surface area contributed by atoms with E-state index in [1.807, 2.05) is 9.80 Å². The number of carbonyl (C=O) groups is 2. The van der Waals surface area contributed by atoms with E-state index in [1.165, 1.54) is 11.1 Å². The zero-order valence-corrected chi connectivity index (χ0v) is 18.8. The summed E-state index contributed by atoms with van der Waals surface area (Å²) in [6, 6.07) is 8.53. The second-order valence-corrected chi connectivity index (χ2v) is 8.22. The van der Waals surface area contributed by atoms with Gasteiger partial charge >= 0.3 is 0 Å². The van der Waals surface area contributed by atoms with Crippen molar-refractivity contribution >= 4 is 36.6 Å². The Labute approximate surface area is 185 Å². The van der Waals surface area contributed by atoms with Gasteiger partial charge in [-0.1, -0.05) is 24.3 Å². The smallest absolute Gasteiger partial charge is 0.236 e. The van der Waals surface area contributed by atoms with Crippen LogP contribution in [0.5, 0.6) is 0 Å². The molecule has 2 amide bonds. The minimum absolute atomic E-state index is 0. The van der Waals surface area contributed by atoms with E-state index in [9.17, 15) is 9.59 Å². The molecule has 0 saturated carbocycles. The quantitative estimate of drug-likeness (QED) is 0.773. The van der Waals surface area contributed by atoms with Crippen LogP contribution in [0.3, 0.4) is 0 Å². The number of rotatable bonds is 3. The predicted octanol–water partition coefficient (Wildman–Crippen LogP) is 1.72. The molecule has 3 atom stereocenters. The average molecular weight is 443 g/mol. The van der Waals surface area contributed by atoms with Gasteiger partial charge in [-0.15, -0.1) is 24.8 Å². The highest BCUT2D eigenvalue weighted by Gasteiger charge is 2.48. The summed E-state index contributed by atoms with van der Waals surface area (Å²) in [5.41, 5.74) is 2.50. The van der Waals surface area contributed by atoms with Crippen LogP contribution < -0.4 is 5.32 Å². The van der Waals surface area contributed by atoms with Crippen LogP contribution in [0, 0.1) is 18.8 Å². The summed E-state index contributed by atoms with van der Waals surface area (Å²) in [5, 5.41) is 3.30. The topological polar surface area (TPSA) is 55.9 Å². The molecule has 3 heterocycles. The second-order valence-electron chi connectivity index (χ2n) is 8.22. The van der Waals surface area contributed by atoms with Gasteiger partial charge in [0.15, 0.2) is 0 Å². The highest BCUT2D eigenvalue weighted by Crippen LogP contribution is 2.45. The second kappa shape index (κ2) is 10.1. The standard InChI is InChI=1S/C21H30N4O2.2ClH/c1-15-5-3-4-6-18(15)21-19-13-23(11-17(19)12-25(21)16(2)26)14-20(27)24-9-7-22-8-10-24;;/h3-6,17,19,21-22H,7-14H2,1-2H3;2*1H/t17-,19-,21+;;/m1../s1. The van der Waals surface area contributed by atoms with Crippen molar-refractivity contribution in [1.82, 2.24) is 20.0 Å². The van der Waals surface area contributed by atoms with Gasteiger partial charge in [-0.2, -0.15) is 0 Å². The van der Waals surface area contributed by atoms with Crippen molar-refractivity contribution in [2.45, 2.75) is 19.9 Å². The first kappa shape index (κ1) is 23.9. The molecule has 0 spiro atoms. The van der Waals surface area contributed by atoms with E-state index in [4.69, 9.17) is 0 Å². The third-order valence-corrected chi connectivity index (χ3v) is 6.48. The SMILES string of the molecule is CC(=O)N1C[C@H]2CN(CC(=O)N3CCNCC3)C[C@H]2[C@@H]1c1ccccc1C.Cl.Cl. The molecule has 3 aliphatic heterocycles. The van der Waals surface area contributed by atoms with E-state index >= 15 is 0 Å². The molecule has 3 aliphatic rings. The van der Waals surface area contributed by atoms with E-state index in [-0.39, 0.29) is 42.7 Å². The molecular weight excluding hydrogens is 411 g/mol. The Hall–Kier alpha value is -1.34. The molecule has 0 aromatic heterocycles. The number of aryl methyl sites for hydroxylation is 1. The average Bonchev–Trinajstić information content (AvgIpc) is 3.20. The molecule has 29 heavy (non-hydrogen) atoms. The van der Waals surface area contributed by atoms with Crippen molar-refractivity contribution in [3.8, 4) is 0 Å². The third kappa shape index (κ3) is 4.88. The van der Waals surface area contributed by atoms with Gasteiger partial charge in [0.2, 0.25) is 11.8 Å². The maximum absolute atomic E-state index is 12.6. The summed E-state index contributed by atoms with van der Waals surface area (Å²) >= 11 is 0. The molecule has 162 valence electrons. The Bertz CT molecular complexity index is 726. The summed E-state index contributed by atoms with van der Waals surface area (Å²) in [5.74, 6) is 1.26. The van der Waals surface area contributed by atoms with Gasteiger partial charge in [0.25, 0.3) is 0 Å². The Morgan fingerprint density at radius 2 is 1.76 bits per heavy atom. The largest absolute Gasteiger partial charge is 0.339 e. The predicted molar refractivity (Wildman–Crippen MR) is 119 cm³/mol. The van der Waals surface area contributed by atoms with Crippen LogP contribution in [0.15, 0.2) is 24.3 Å². The first-order valence-corrected chi connectivity index (χ1v) is 10.1. The lowest BCUT2D eigenvalue weighted by Crippen LogP contribution is -2.49. The molecule has 8 heteroatoms. The maximum Gasteiger partial charge on any atom is 0.236 e. The van der Waals surface area contributed by atoms with Crippen LogP contribution in [-0.4, -0.2) is 78.9 Å². The Morgan fingerprint density at radius 3 is 2.41 bits per heavy atom. The summed E-state index contributed by atoms with van der Waals surface area (Å²) in [6.07, 6.45) is 0. The number of likely N-dealkylation sites (tertiary alicyclic amines) is 2. The molecule has 3 saturated heterocycles. The molecule has 4 rings (SSSR count). The van der Waals surface area contributed by atoms with Crippen LogP contribution in [0.2, 0.25) is 0 Å². The first-order chi connectivity index (χ1) is 13.0. The number of hydrogen-bond donors (Lipinski definition) is 1. The molecule has 0 unspecified atom stereocenters. The van der Waals surface area contributed by atoms with Crippen LogP contribution in [0.4, 0.5) is 0 Å². The molecule has 1 aromatic rings. The van der Waals surface area contributed by atoms with Crippen molar-refractivity contribution in [2.24, 2.45) is 11.8 Å². The number of carbonyl (C=O) groups excluding carboxylic acids is 2. The van der Waals surface area contributed by atoms with Crippen molar-refractivity contribution < 1.29 is 9.59 Å². The minimum atomic E-state index is 0. The van der Waals surface area contributed by atoms with Crippen LogP contribution in [-0.2, 0) is 9.59 Å². The van der Waals surface area contributed by atoms with E-state index < -0.39 is 0 Å². The van der Waals surface area contributed by atoms with Gasteiger partial charge in [-0.3, -0.25) is 14.5 Å². The molecule has 3 fully saturated rings. The van der Waals surface area contributed by atoms with Gasteiger partial charge in [0, 0.05) is 58.7 Å². The van der Waals surface area contributed by atoms with Crippen molar-refractivity contribution in [1.29, 1.82) is 0 Å².